The zero-order valence-electron chi connectivity index (χ0n) is 10.4. The Morgan fingerprint density at radius 2 is 2.06 bits per heavy atom. The van der Waals surface area contributed by atoms with Crippen molar-refractivity contribution >= 4 is 5.78 Å². The zero-order valence-corrected chi connectivity index (χ0v) is 10.4. The summed E-state index contributed by atoms with van der Waals surface area (Å²) in [5, 5.41) is 0. The van der Waals surface area contributed by atoms with Gasteiger partial charge in [-0.3, -0.25) is 4.79 Å². The highest BCUT2D eigenvalue weighted by Crippen LogP contribution is 2.38. The van der Waals surface area contributed by atoms with Gasteiger partial charge in [0.25, 0.3) is 0 Å². The Labute approximate surface area is 106 Å². The Hall–Kier alpha value is -1.39. The second-order valence-electron chi connectivity index (χ2n) is 4.95. The van der Waals surface area contributed by atoms with E-state index < -0.39 is 5.41 Å². The van der Waals surface area contributed by atoms with Crippen LogP contribution >= 0.6 is 0 Å². The number of ether oxygens (including phenoxy) is 3. The second kappa shape index (κ2) is 4.37. The molecule has 0 N–H and O–H groups in total. The lowest BCUT2D eigenvalue weighted by Crippen LogP contribution is -2.46. The van der Waals surface area contributed by atoms with Crippen LogP contribution in [0.2, 0.25) is 0 Å². The van der Waals surface area contributed by atoms with Gasteiger partial charge in [0, 0.05) is 5.56 Å². The van der Waals surface area contributed by atoms with Crippen molar-refractivity contribution in [2.45, 2.75) is 12.8 Å². The predicted octanol–water partition coefficient (Wildman–Crippen LogP) is 1.81. The molecule has 1 aromatic rings. The highest BCUT2D eigenvalue weighted by molar-refractivity contribution is 6.03. The van der Waals surface area contributed by atoms with E-state index in [9.17, 15) is 4.79 Å². The number of ketones is 1. The van der Waals surface area contributed by atoms with Gasteiger partial charge in [0.05, 0.1) is 25.7 Å². The fourth-order valence-electron chi connectivity index (χ4n) is 2.75. The Morgan fingerprint density at radius 1 is 1.28 bits per heavy atom. The van der Waals surface area contributed by atoms with Crippen molar-refractivity contribution < 1.29 is 19.0 Å². The van der Waals surface area contributed by atoms with Gasteiger partial charge in [-0.1, -0.05) is 0 Å². The van der Waals surface area contributed by atoms with Crippen molar-refractivity contribution in [3.8, 4) is 5.75 Å². The molecule has 3 rings (SSSR count). The van der Waals surface area contributed by atoms with Crippen LogP contribution in [0.3, 0.4) is 0 Å². The van der Waals surface area contributed by atoms with E-state index in [0.717, 1.165) is 29.7 Å². The highest BCUT2D eigenvalue weighted by atomic mass is 16.7. The molecule has 0 saturated carbocycles. The van der Waals surface area contributed by atoms with Crippen LogP contribution in [0.5, 0.6) is 5.75 Å². The topological polar surface area (TPSA) is 44.8 Å². The number of carbonyl (C=O) groups is 1. The fraction of sp³-hybridized carbons (Fsp3) is 0.500. The lowest BCUT2D eigenvalue weighted by molar-refractivity contribution is -0.151. The molecular weight excluding hydrogens is 232 g/mol. The van der Waals surface area contributed by atoms with E-state index in [1.165, 1.54) is 0 Å². The number of methoxy groups -OCH3 is 1. The lowest BCUT2D eigenvalue weighted by atomic mass is 9.71. The number of aryl methyl sites for hydroxylation is 1. The van der Waals surface area contributed by atoms with Crippen molar-refractivity contribution in [3.63, 3.8) is 0 Å². The quantitative estimate of drug-likeness (QED) is 0.760. The van der Waals surface area contributed by atoms with Crippen LogP contribution in [0.25, 0.3) is 0 Å². The molecule has 4 nitrogen and oxygen atoms in total. The number of fused-ring (bicyclic) bond motifs is 1. The SMILES string of the molecule is COc1ccc2c(c1)CCC1(COCOC1)C2=O. The first kappa shape index (κ1) is 11.7. The first-order valence-electron chi connectivity index (χ1n) is 6.12. The number of benzene rings is 1. The summed E-state index contributed by atoms with van der Waals surface area (Å²) in [6.45, 7) is 1.24. The fourth-order valence-corrected chi connectivity index (χ4v) is 2.75. The van der Waals surface area contributed by atoms with E-state index in [2.05, 4.69) is 0 Å². The van der Waals surface area contributed by atoms with Gasteiger partial charge in [0.15, 0.2) is 5.78 Å². The van der Waals surface area contributed by atoms with Gasteiger partial charge < -0.3 is 14.2 Å². The van der Waals surface area contributed by atoms with Crippen molar-refractivity contribution in [2.75, 3.05) is 27.1 Å². The van der Waals surface area contributed by atoms with Gasteiger partial charge >= 0.3 is 0 Å². The maximum absolute atomic E-state index is 12.6. The molecular formula is C14H16O4. The van der Waals surface area contributed by atoms with Crippen molar-refractivity contribution in [1.29, 1.82) is 0 Å². The summed E-state index contributed by atoms with van der Waals surface area (Å²) in [6.07, 6.45) is 1.65. The molecule has 2 aliphatic rings. The Bertz CT molecular complexity index is 475. The molecule has 96 valence electrons. The molecule has 1 spiro atoms. The standard InChI is InChI=1S/C14H16O4/c1-16-11-2-3-12-10(6-11)4-5-14(13(12)15)7-17-9-18-8-14/h2-3,6H,4-5,7-9H2,1H3. The van der Waals surface area contributed by atoms with Gasteiger partial charge in [0.1, 0.15) is 12.5 Å². The van der Waals surface area contributed by atoms with E-state index in [1.807, 2.05) is 18.2 Å². The van der Waals surface area contributed by atoms with E-state index in [-0.39, 0.29) is 5.78 Å². The molecule has 1 saturated heterocycles. The largest absolute Gasteiger partial charge is 0.497 e. The lowest BCUT2D eigenvalue weighted by Gasteiger charge is -2.38. The monoisotopic (exact) mass is 248 g/mol. The van der Waals surface area contributed by atoms with Crippen LogP contribution in [0.15, 0.2) is 18.2 Å². The average Bonchev–Trinajstić information content (AvgIpc) is 2.44. The van der Waals surface area contributed by atoms with Gasteiger partial charge in [-0.25, -0.2) is 0 Å². The third-order valence-electron chi connectivity index (χ3n) is 3.83. The summed E-state index contributed by atoms with van der Waals surface area (Å²) in [7, 11) is 1.64. The number of Topliss-reactive ketones (excluding diaryl/α,β-unsaturated/α-hetero) is 1. The van der Waals surface area contributed by atoms with Crippen LogP contribution < -0.4 is 4.74 Å². The van der Waals surface area contributed by atoms with Crippen molar-refractivity contribution in [3.05, 3.63) is 29.3 Å². The predicted molar refractivity (Wildman–Crippen MR) is 64.8 cm³/mol. The van der Waals surface area contributed by atoms with Crippen LogP contribution in [-0.2, 0) is 15.9 Å². The zero-order chi connectivity index (χ0) is 12.6. The molecule has 1 fully saturated rings. The number of carbonyl (C=O) groups excluding carboxylic acids is 1. The Balaban J connectivity index is 1.96. The smallest absolute Gasteiger partial charge is 0.173 e. The summed E-state index contributed by atoms with van der Waals surface area (Å²) < 4.78 is 15.8. The first-order valence-corrected chi connectivity index (χ1v) is 6.12. The van der Waals surface area contributed by atoms with Crippen molar-refractivity contribution in [1.82, 2.24) is 0 Å². The summed E-state index contributed by atoms with van der Waals surface area (Å²) >= 11 is 0. The third kappa shape index (κ3) is 1.72. The molecule has 1 aliphatic heterocycles. The minimum absolute atomic E-state index is 0.145. The normalized spacial score (nSPS) is 21.7. The van der Waals surface area contributed by atoms with Gasteiger partial charge in [-0.2, -0.15) is 0 Å². The molecule has 0 aromatic heterocycles. The second-order valence-corrected chi connectivity index (χ2v) is 4.95. The third-order valence-corrected chi connectivity index (χ3v) is 3.83. The van der Waals surface area contributed by atoms with E-state index in [4.69, 9.17) is 14.2 Å². The molecule has 0 amide bonds. The Morgan fingerprint density at radius 3 is 2.78 bits per heavy atom. The Kier molecular flexibility index (Phi) is 2.84. The first-order chi connectivity index (χ1) is 8.75. The minimum Gasteiger partial charge on any atom is -0.497 e. The van der Waals surface area contributed by atoms with Gasteiger partial charge in [-0.15, -0.1) is 0 Å². The molecule has 0 bridgehead atoms. The molecule has 4 heteroatoms. The highest BCUT2D eigenvalue weighted by Gasteiger charge is 2.44. The van der Waals surface area contributed by atoms with Crippen LogP contribution in [0, 0.1) is 5.41 Å². The molecule has 1 aliphatic carbocycles. The summed E-state index contributed by atoms with van der Waals surface area (Å²) in [4.78, 5) is 12.6. The van der Waals surface area contributed by atoms with Gasteiger partial charge in [-0.05, 0) is 36.6 Å². The average molecular weight is 248 g/mol. The van der Waals surface area contributed by atoms with Crippen molar-refractivity contribution in [2.24, 2.45) is 5.41 Å². The molecule has 1 heterocycles. The number of hydrogen-bond donors (Lipinski definition) is 0. The molecule has 0 radical (unpaired) electrons. The van der Waals surface area contributed by atoms with Crippen LogP contribution in [-0.4, -0.2) is 32.9 Å². The van der Waals surface area contributed by atoms with E-state index >= 15 is 0 Å². The summed E-state index contributed by atoms with van der Waals surface area (Å²) in [6, 6.07) is 5.64. The van der Waals surface area contributed by atoms with E-state index in [1.54, 1.807) is 7.11 Å². The van der Waals surface area contributed by atoms with Gasteiger partial charge in [0.2, 0.25) is 0 Å². The summed E-state index contributed by atoms with van der Waals surface area (Å²) in [5.41, 5.74) is 1.38. The number of hydrogen-bond acceptors (Lipinski definition) is 4. The summed E-state index contributed by atoms with van der Waals surface area (Å²) in [5.74, 6) is 0.944. The maximum Gasteiger partial charge on any atom is 0.173 e. The number of rotatable bonds is 1. The van der Waals surface area contributed by atoms with Crippen LogP contribution in [0.4, 0.5) is 0 Å². The molecule has 0 atom stereocenters. The maximum atomic E-state index is 12.6. The molecule has 0 unspecified atom stereocenters. The minimum atomic E-state index is -0.472. The molecule has 18 heavy (non-hydrogen) atoms. The molecule has 1 aromatic carbocycles. The van der Waals surface area contributed by atoms with Crippen LogP contribution in [0.1, 0.15) is 22.3 Å². The van der Waals surface area contributed by atoms with E-state index in [0.29, 0.717) is 20.0 Å².